The van der Waals surface area contributed by atoms with Gasteiger partial charge in [-0.3, -0.25) is 19.7 Å². The lowest BCUT2D eigenvalue weighted by atomic mass is 10.0. The van der Waals surface area contributed by atoms with Gasteiger partial charge in [0.25, 0.3) is 5.91 Å². The van der Waals surface area contributed by atoms with E-state index >= 15 is 0 Å². The number of tetrazole rings is 1. The van der Waals surface area contributed by atoms with Gasteiger partial charge in [0.2, 0.25) is 0 Å². The molecule has 4 aromatic rings. The first-order valence-electron chi connectivity index (χ1n) is 10.4. The number of nitrogens with one attached hydrogen (secondary N) is 1. The third kappa shape index (κ3) is 5.70. The average molecular weight is 487 g/mol. The molecule has 0 radical (unpaired) electrons. The molecule has 11 heteroatoms. The number of rotatable bonds is 8. The molecule has 174 valence electrons. The molecule has 10 nitrogen and oxygen atoms in total. The quantitative estimate of drug-likeness (QED) is 0.297. The Morgan fingerprint density at radius 3 is 2.71 bits per heavy atom. The number of pyridine rings is 1. The van der Waals surface area contributed by atoms with Gasteiger partial charge in [0.05, 0.1) is 40.5 Å². The molecule has 3 heterocycles. The molecule has 0 saturated heterocycles. The molecule has 1 aromatic carbocycles. The smallest absolute Gasteiger partial charge is 0.251 e. The zero-order chi connectivity index (χ0) is 24.8. The average Bonchev–Trinajstić information content (AvgIpc) is 3.35. The summed E-state index contributed by atoms with van der Waals surface area (Å²) >= 11 is 5.99. The number of carbonyl (C=O) groups excluding carboxylic acids is 2. The summed E-state index contributed by atoms with van der Waals surface area (Å²) < 4.78 is 1.45. The topological polar surface area (TPSA) is 128 Å². The van der Waals surface area contributed by atoms with Gasteiger partial charge in [0.15, 0.2) is 5.82 Å². The first kappa shape index (κ1) is 23.6. The number of allylic oxidation sites excluding steroid dienone is 2. The Balaban J connectivity index is 1.71. The van der Waals surface area contributed by atoms with Crippen molar-refractivity contribution in [1.82, 2.24) is 40.5 Å². The number of amides is 1. The van der Waals surface area contributed by atoms with Crippen LogP contribution in [0.25, 0.3) is 16.9 Å². The van der Waals surface area contributed by atoms with Crippen molar-refractivity contribution in [2.75, 3.05) is 0 Å². The molecule has 3 aromatic heterocycles. The molecule has 0 aliphatic carbocycles. The van der Waals surface area contributed by atoms with Gasteiger partial charge >= 0.3 is 0 Å². The van der Waals surface area contributed by atoms with Crippen LogP contribution in [-0.2, 0) is 17.8 Å². The second-order valence-electron chi connectivity index (χ2n) is 7.48. The van der Waals surface area contributed by atoms with E-state index in [4.69, 9.17) is 11.6 Å². The van der Waals surface area contributed by atoms with Crippen LogP contribution in [0.1, 0.15) is 27.6 Å². The van der Waals surface area contributed by atoms with Crippen LogP contribution in [0.3, 0.4) is 0 Å². The van der Waals surface area contributed by atoms with Crippen molar-refractivity contribution in [3.05, 3.63) is 94.9 Å². The van der Waals surface area contributed by atoms with Crippen LogP contribution in [0.15, 0.2) is 67.2 Å². The molecule has 0 atom stereocenters. The minimum atomic E-state index is -0.335. The molecule has 4 rings (SSSR count). The fourth-order valence-corrected chi connectivity index (χ4v) is 3.29. The first-order chi connectivity index (χ1) is 17.0. The maximum atomic E-state index is 13.1. The number of benzene rings is 1. The molecule has 1 amide bonds. The Labute approximate surface area is 205 Å². The summed E-state index contributed by atoms with van der Waals surface area (Å²) in [5.41, 5.74) is 3.82. The molecular formula is C24H19ClN8O2. The summed E-state index contributed by atoms with van der Waals surface area (Å²) in [7, 11) is 0. The van der Waals surface area contributed by atoms with E-state index < -0.39 is 0 Å². The van der Waals surface area contributed by atoms with Gasteiger partial charge in [0.1, 0.15) is 5.94 Å². The standard InChI is InChI=1S/C24H19ClN8O2/c1-3-16(14-34)6-23-30-31-32-33(23)21-8-17(22-5-4-19(25)11-28-22)7-18(9-21)24(35)29-13-20-12-26-15(2)10-27-20/h3-5,7-12H,1,6,13H2,2H3,(H,29,35). The summed E-state index contributed by atoms with van der Waals surface area (Å²) in [6.07, 6.45) is 6.29. The third-order valence-electron chi connectivity index (χ3n) is 4.97. The summed E-state index contributed by atoms with van der Waals surface area (Å²) in [5, 5.41) is 15.1. The number of nitrogens with zero attached hydrogens (tertiary/aromatic N) is 7. The monoisotopic (exact) mass is 486 g/mol. The van der Waals surface area contributed by atoms with E-state index in [1.165, 1.54) is 17.0 Å². The van der Waals surface area contributed by atoms with Crippen molar-refractivity contribution in [1.29, 1.82) is 0 Å². The molecule has 0 fully saturated rings. The summed E-state index contributed by atoms with van der Waals surface area (Å²) in [4.78, 5) is 37.0. The van der Waals surface area contributed by atoms with E-state index in [0.717, 1.165) is 5.69 Å². The zero-order valence-electron chi connectivity index (χ0n) is 18.6. The number of carbonyl (C=O) groups is 1. The lowest BCUT2D eigenvalue weighted by Crippen LogP contribution is -2.23. The molecule has 35 heavy (non-hydrogen) atoms. The van der Waals surface area contributed by atoms with Crippen LogP contribution in [0.2, 0.25) is 5.02 Å². The van der Waals surface area contributed by atoms with E-state index in [1.54, 1.807) is 42.7 Å². The van der Waals surface area contributed by atoms with Gasteiger partial charge in [-0.05, 0) is 47.7 Å². The molecule has 0 aliphatic rings. The maximum absolute atomic E-state index is 13.1. The minimum absolute atomic E-state index is 0.122. The lowest BCUT2D eigenvalue weighted by Gasteiger charge is -2.11. The molecule has 0 bridgehead atoms. The van der Waals surface area contributed by atoms with Crippen molar-refractivity contribution < 1.29 is 9.59 Å². The van der Waals surface area contributed by atoms with E-state index in [2.05, 4.69) is 42.4 Å². The van der Waals surface area contributed by atoms with Gasteiger partial charge in [-0.1, -0.05) is 24.3 Å². The van der Waals surface area contributed by atoms with E-state index in [1.807, 2.05) is 12.9 Å². The Morgan fingerprint density at radius 2 is 2.03 bits per heavy atom. The van der Waals surface area contributed by atoms with Gasteiger partial charge in [-0.15, -0.1) is 5.10 Å². The summed E-state index contributed by atoms with van der Waals surface area (Å²) in [6, 6.07) is 8.60. The second kappa shape index (κ2) is 10.6. The predicted octanol–water partition coefficient (Wildman–Crippen LogP) is 2.89. The van der Waals surface area contributed by atoms with E-state index in [0.29, 0.717) is 44.6 Å². The zero-order valence-corrected chi connectivity index (χ0v) is 19.4. The second-order valence-corrected chi connectivity index (χ2v) is 7.91. The van der Waals surface area contributed by atoms with Crippen molar-refractivity contribution in [2.45, 2.75) is 19.9 Å². The lowest BCUT2D eigenvalue weighted by molar-refractivity contribution is 0.0950. The fourth-order valence-electron chi connectivity index (χ4n) is 3.18. The predicted molar refractivity (Wildman–Crippen MR) is 128 cm³/mol. The van der Waals surface area contributed by atoms with Crippen molar-refractivity contribution in [3.63, 3.8) is 0 Å². The Hall–Kier alpha value is -4.53. The van der Waals surface area contributed by atoms with Crippen LogP contribution in [0.5, 0.6) is 0 Å². The molecule has 1 N–H and O–H groups in total. The largest absolute Gasteiger partial charge is 0.346 e. The first-order valence-corrected chi connectivity index (χ1v) is 10.8. The van der Waals surface area contributed by atoms with Crippen LogP contribution in [0.4, 0.5) is 0 Å². The Morgan fingerprint density at radius 1 is 1.17 bits per heavy atom. The minimum Gasteiger partial charge on any atom is -0.346 e. The Bertz CT molecular complexity index is 1420. The number of halogens is 1. The highest BCUT2D eigenvalue weighted by Gasteiger charge is 2.16. The van der Waals surface area contributed by atoms with Crippen molar-refractivity contribution >= 4 is 23.4 Å². The van der Waals surface area contributed by atoms with Gasteiger partial charge in [-0.25, -0.2) is 4.79 Å². The van der Waals surface area contributed by atoms with E-state index in [9.17, 15) is 9.59 Å². The number of aromatic nitrogens is 7. The van der Waals surface area contributed by atoms with Crippen molar-refractivity contribution in [2.24, 2.45) is 0 Å². The van der Waals surface area contributed by atoms with Gasteiger partial charge < -0.3 is 5.32 Å². The molecule has 0 unspecified atom stereocenters. The number of aryl methyl sites for hydroxylation is 1. The molecule has 0 saturated carbocycles. The summed E-state index contributed by atoms with van der Waals surface area (Å²) in [5.74, 6) is 1.86. The maximum Gasteiger partial charge on any atom is 0.251 e. The Kier molecular flexibility index (Phi) is 7.15. The summed E-state index contributed by atoms with van der Waals surface area (Å²) in [6.45, 7) is 5.64. The third-order valence-corrected chi connectivity index (χ3v) is 5.20. The van der Waals surface area contributed by atoms with Crippen LogP contribution < -0.4 is 5.32 Å². The number of hydrogen-bond donors (Lipinski definition) is 1. The fraction of sp³-hybridized carbons (Fsp3) is 0.125. The highest BCUT2D eigenvalue weighted by molar-refractivity contribution is 6.30. The van der Waals surface area contributed by atoms with Gasteiger partial charge in [0, 0.05) is 35.5 Å². The highest BCUT2D eigenvalue weighted by atomic mass is 35.5. The highest BCUT2D eigenvalue weighted by Crippen LogP contribution is 2.24. The van der Waals surface area contributed by atoms with E-state index in [-0.39, 0.29) is 18.9 Å². The molecule has 0 spiro atoms. The normalized spacial score (nSPS) is 10.5. The SMILES string of the molecule is C=CC(=C=O)Cc1nnnn1-c1cc(C(=O)NCc2cnc(C)cn2)cc(-c2ccc(Cl)cn2)c1. The van der Waals surface area contributed by atoms with Gasteiger partial charge in [-0.2, -0.15) is 4.68 Å². The molecular weight excluding hydrogens is 468 g/mol. The number of hydrogen-bond acceptors (Lipinski definition) is 8. The van der Waals surface area contributed by atoms with Crippen LogP contribution in [-0.4, -0.2) is 47.0 Å². The van der Waals surface area contributed by atoms with Crippen molar-refractivity contribution in [3.8, 4) is 16.9 Å². The molecule has 0 aliphatic heterocycles. The van der Waals surface area contributed by atoms with Crippen LogP contribution >= 0.6 is 11.6 Å². The van der Waals surface area contributed by atoms with Crippen LogP contribution in [0, 0.1) is 6.92 Å².